The summed E-state index contributed by atoms with van der Waals surface area (Å²) in [6.45, 7) is 4.01. The van der Waals surface area contributed by atoms with Crippen LogP contribution in [0.25, 0.3) is 0 Å². The number of rotatable bonds is 2. The molecule has 0 fully saturated rings. The third kappa shape index (κ3) is 2.50. The van der Waals surface area contributed by atoms with Gasteiger partial charge in [-0.1, -0.05) is 27.9 Å². The fourth-order valence-corrected chi connectivity index (χ4v) is 1.40. The monoisotopic (exact) mass is 237 g/mol. The third-order valence-electron chi connectivity index (χ3n) is 1.89. The minimum absolute atomic E-state index is 0.0630. The Morgan fingerprint density at radius 2 is 2.23 bits per heavy atom. The highest BCUT2D eigenvalue weighted by molar-refractivity contribution is 9.10. The molecule has 2 heteroatoms. The minimum Gasteiger partial charge on any atom is -0.372 e. The van der Waals surface area contributed by atoms with E-state index < -0.39 is 0 Å². The molecule has 0 bridgehead atoms. The van der Waals surface area contributed by atoms with Crippen molar-refractivity contribution in [3.8, 4) is 12.3 Å². The van der Waals surface area contributed by atoms with Crippen LogP contribution in [-0.4, -0.2) is 6.04 Å². The Kier molecular flexibility index (Phi) is 3.39. The van der Waals surface area contributed by atoms with Crippen molar-refractivity contribution < 1.29 is 0 Å². The lowest BCUT2D eigenvalue weighted by Gasteiger charge is -2.12. The van der Waals surface area contributed by atoms with Crippen LogP contribution in [0.4, 0.5) is 5.69 Å². The van der Waals surface area contributed by atoms with Crippen LogP contribution in [-0.2, 0) is 0 Å². The second-order valence-electron chi connectivity index (χ2n) is 2.95. The van der Waals surface area contributed by atoms with Crippen LogP contribution < -0.4 is 5.32 Å². The fourth-order valence-electron chi connectivity index (χ4n) is 1.04. The van der Waals surface area contributed by atoms with Gasteiger partial charge in [0.2, 0.25) is 0 Å². The molecule has 1 aromatic carbocycles. The highest BCUT2D eigenvalue weighted by Gasteiger charge is 2.02. The first-order valence-electron chi connectivity index (χ1n) is 4.13. The quantitative estimate of drug-likeness (QED) is 0.780. The Bertz CT molecular complexity index is 338. The summed E-state index contributed by atoms with van der Waals surface area (Å²) in [5, 5.41) is 3.23. The SMILES string of the molecule is C#CC(C)Nc1cccc(Br)c1C. The lowest BCUT2D eigenvalue weighted by Crippen LogP contribution is -2.12. The number of anilines is 1. The second kappa shape index (κ2) is 4.34. The highest BCUT2D eigenvalue weighted by Crippen LogP contribution is 2.23. The molecular weight excluding hydrogens is 226 g/mol. The second-order valence-corrected chi connectivity index (χ2v) is 3.80. The fraction of sp³-hybridized carbons (Fsp3) is 0.273. The molecular formula is C11H12BrN. The molecule has 0 saturated carbocycles. The molecule has 1 N–H and O–H groups in total. The van der Waals surface area contributed by atoms with Crippen LogP contribution in [0.3, 0.4) is 0 Å². The van der Waals surface area contributed by atoms with Gasteiger partial charge >= 0.3 is 0 Å². The molecule has 13 heavy (non-hydrogen) atoms. The van der Waals surface area contributed by atoms with E-state index in [1.54, 1.807) is 0 Å². The van der Waals surface area contributed by atoms with Crippen molar-refractivity contribution in [2.75, 3.05) is 5.32 Å². The highest BCUT2D eigenvalue weighted by atomic mass is 79.9. The first kappa shape index (κ1) is 10.1. The first-order valence-corrected chi connectivity index (χ1v) is 4.92. The average molecular weight is 238 g/mol. The Hall–Kier alpha value is -0.940. The summed E-state index contributed by atoms with van der Waals surface area (Å²) in [6.07, 6.45) is 5.28. The molecule has 0 amide bonds. The van der Waals surface area contributed by atoms with Gasteiger partial charge in [-0.25, -0.2) is 0 Å². The summed E-state index contributed by atoms with van der Waals surface area (Å²) < 4.78 is 1.10. The number of nitrogens with one attached hydrogen (secondary N) is 1. The van der Waals surface area contributed by atoms with Gasteiger partial charge in [0.25, 0.3) is 0 Å². The Labute approximate surface area is 87.7 Å². The normalized spacial score (nSPS) is 11.8. The van der Waals surface area contributed by atoms with Crippen molar-refractivity contribution in [2.24, 2.45) is 0 Å². The van der Waals surface area contributed by atoms with Gasteiger partial charge in [0.05, 0.1) is 6.04 Å². The smallest absolute Gasteiger partial charge is 0.0845 e. The van der Waals surface area contributed by atoms with Crippen LogP contribution in [0.5, 0.6) is 0 Å². The van der Waals surface area contributed by atoms with E-state index in [0.717, 1.165) is 10.2 Å². The molecule has 1 unspecified atom stereocenters. The molecule has 0 radical (unpaired) electrons. The van der Waals surface area contributed by atoms with E-state index in [4.69, 9.17) is 6.42 Å². The third-order valence-corrected chi connectivity index (χ3v) is 2.75. The zero-order chi connectivity index (χ0) is 9.84. The maximum atomic E-state index is 5.28. The van der Waals surface area contributed by atoms with Crippen molar-refractivity contribution in [1.29, 1.82) is 0 Å². The van der Waals surface area contributed by atoms with Crippen LogP contribution >= 0.6 is 15.9 Å². The van der Waals surface area contributed by atoms with E-state index in [0.29, 0.717) is 0 Å². The van der Waals surface area contributed by atoms with E-state index in [1.807, 2.05) is 25.1 Å². The molecule has 0 aliphatic heterocycles. The van der Waals surface area contributed by atoms with Gasteiger partial charge in [-0.05, 0) is 31.5 Å². The van der Waals surface area contributed by atoms with Crippen molar-refractivity contribution >= 4 is 21.6 Å². The molecule has 0 heterocycles. The van der Waals surface area contributed by atoms with Crippen LogP contribution in [0.15, 0.2) is 22.7 Å². The standard InChI is InChI=1S/C11H12BrN/c1-4-8(2)13-11-7-5-6-10(12)9(11)3/h1,5-8,13H,2-3H3. The summed E-state index contributed by atoms with van der Waals surface area (Å²) in [4.78, 5) is 0. The summed E-state index contributed by atoms with van der Waals surface area (Å²) in [7, 11) is 0. The Balaban J connectivity index is 2.90. The van der Waals surface area contributed by atoms with Gasteiger partial charge in [-0.3, -0.25) is 0 Å². The lowest BCUT2D eigenvalue weighted by atomic mass is 10.2. The van der Waals surface area contributed by atoms with Gasteiger partial charge < -0.3 is 5.32 Å². The summed E-state index contributed by atoms with van der Waals surface area (Å²) in [5.41, 5.74) is 2.27. The largest absolute Gasteiger partial charge is 0.372 e. The molecule has 1 nitrogen and oxygen atoms in total. The number of benzene rings is 1. The lowest BCUT2D eigenvalue weighted by molar-refractivity contribution is 1.03. The van der Waals surface area contributed by atoms with Crippen LogP contribution in [0, 0.1) is 19.3 Å². The molecule has 0 aliphatic rings. The van der Waals surface area contributed by atoms with Crippen molar-refractivity contribution in [2.45, 2.75) is 19.9 Å². The summed E-state index contributed by atoms with van der Waals surface area (Å²) in [5.74, 6) is 2.63. The molecule has 1 aromatic rings. The van der Waals surface area contributed by atoms with Gasteiger partial charge in [-0.2, -0.15) is 0 Å². The molecule has 68 valence electrons. The summed E-state index contributed by atoms with van der Waals surface area (Å²) >= 11 is 3.47. The average Bonchev–Trinajstić information content (AvgIpc) is 2.13. The topological polar surface area (TPSA) is 12.0 Å². The molecule has 1 atom stereocenters. The maximum absolute atomic E-state index is 5.28. The van der Waals surface area contributed by atoms with E-state index in [9.17, 15) is 0 Å². The number of halogens is 1. The maximum Gasteiger partial charge on any atom is 0.0845 e. The first-order chi connectivity index (χ1) is 6.15. The van der Waals surface area contributed by atoms with Crippen LogP contribution in [0.1, 0.15) is 12.5 Å². The van der Waals surface area contributed by atoms with Crippen molar-refractivity contribution in [1.82, 2.24) is 0 Å². The van der Waals surface area contributed by atoms with E-state index in [1.165, 1.54) is 5.56 Å². The van der Waals surface area contributed by atoms with E-state index >= 15 is 0 Å². The molecule has 0 aliphatic carbocycles. The van der Waals surface area contributed by atoms with Crippen LogP contribution in [0.2, 0.25) is 0 Å². The molecule has 0 spiro atoms. The van der Waals surface area contributed by atoms with E-state index in [-0.39, 0.29) is 6.04 Å². The Morgan fingerprint density at radius 3 is 2.85 bits per heavy atom. The minimum atomic E-state index is 0.0630. The van der Waals surface area contributed by atoms with Crippen molar-refractivity contribution in [3.63, 3.8) is 0 Å². The van der Waals surface area contributed by atoms with Gasteiger partial charge in [0.1, 0.15) is 0 Å². The van der Waals surface area contributed by atoms with Gasteiger partial charge in [0, 0.05) is 10.2 Å². The Morgan fingerprint density at radius 1 is 1.54 bits per heavy atom. The van der Waals surface area contributed by atoms with Crippen molar-refractivity contribution in [3.05, 3.63) is 28.2 Å². The number of terminal acetylenes is 1. The predicted molar refractivity (Wildman–Crippen MR) is 60.8 cm³/mol. The summed E-state index contributed by atoms with van der Waals surface area (Å²) in [6, 6.07) is 6.09. The number of hydrogen-bond acceptors (Lipinski definition) is 1. The van der Waals surface area contributed by atoms with E-state index in [2.05, 4.69) is 34.1 Å². The molecule has 0 saturated heterocycles. The molecule has 1 rings (SSSR count). The zero-order valence-corrected chi connectivity index (χ0v) is 9.35. The van der Waals surface area contributed by atoms with Gasteiger partial charge in [0.15, 0.2) is 0 Å². The predicted octanol–water partition coefficient (Wildman–Crippen LogP) is 3.19. The zero-order valence-electron chi connectivity index (χ0n) is 7.76. The number of hydrogen-bond donors (Lipinski definition) is 1. The molecule has 0 aromatic heterocycles. The van der Waals surface area contributed by atoms with Gasteiger partial charge in [-0.15, -0.1) is 6.42 Å².